The maximum Gasteiger partial charge on any atom is 0.225 e. The van der Waals surface area contributed by atoms with Gasteiger partial charge in [-0.3, -0.25) is 14.7 Å². The Morgan fingerprint density at radius 3 is 2.65 bits per heavy atom. The Morgan fingerprint density at radius 1 is 1.02 bits per heavy atom. The Labute approximate surface area is 232 Å². The Kier molecular flexibility index (Phi) is 8.10. The Morgan fingerprint density at radius 2 is 1.85 bits per heavy atom. The third kappa shape index (κ3) is 6.14. The van der Waals surface area contributed by atoms with Gasteiger partial charge in [0.05, 0.1) is 19.6 Å². The molecule has 0 bridgehead atoms. The van der Waals surface area contributed by atoms with E-state index >= 15 is 0 Å². The molecule has 0 radical (unpaired) electrons. The van der Waals surface area contributed by atoms with Crippen molar-refractivity contribution in [3.8, 4) is 17.1 Å². The largest absolute Gasteiger partial charge is 0.497 e. The van der Waals surface area contributed by atoms with Gasteiger partial charge in [0.15, 0.2) is 5.82 Å². The number of nitrogens with zero attached hydrogens (tertiary/aromatic N) is 2. The highest BCUT2D eigenvalue weighted by Gasteiger charge is 2.21. The van der Waals surface area contributed by atoms with Gasteiger partial charge in [0.25, 0.3) is 0 Å². The number of carbonyl (C=O) groups is 2. The van der Waals surface area contributed by atoms with Crippen LogP contribution in [0.2, 0.25) is 0 Å². The van der Waals surface area contributed by atoms with Crippen molar-refractivity contribution in [2.75, 3.05) is 7.11 Å². The molecule has 5 aromatic rings. The van der Waals surface area contributed by atoms with Crippen LogP contribution in [0.3, 0.4) is 0 Å². The number of methoxy groups -OCH3 is 1. The first-order valence-electron chi connectivity index (χ1n) is 13.6. The van der Waals surface area contributed by atoms with Crippen molar-refractivity contribution in [3.05, 3.63) is 77.7 Å². The lowest BCUT2D eigenvalue weighted by Gasteiger charge is -2.16. The van der Waals surface area contributed by atoms with Crippen LogP contribution in [-0.4, -0.2) is 39.1 Å². The van der Waals surface area contributed by atoms with Gasteiger partial charge in [0.2, 0.25) is 11.8 Å². The zero-order chi connectivity index (χ0) is 28.1. The lowest BCUT2D eigenvalue weighted by atomic mass is 10.0. The van der Waals surface area contributed by atoms with Gasteiger partial charge in [-0.25, -0.2) is 4.98 Å². The third-order valence-electron chi connectivity index (χ3n) is 7.26. The van der Waals surface area contributed by atoms with Crippen LogP contribution in [0.25, 0.3) is 33.1 Å². The summed E-state index contributed by atoms with van der Waals surface area (Å²) in [5.41, 5.74) is 9.02. The average molecular weight is 539 g/mol. The van der Waals surface area contributed by atoms with Gasteiger partial charge in [-0.15, -0.1) is 0 Å². The summed E-state index contributed by atoms with van der Waals surface area (Å²) in [4.78, 5) is 32.6. The number of benzene rings is 3. The number of aromatic amines is 2. The maximum absolute atomic E-state index is 13.4. The van der Waals surface area contributed by atoms with Gasteiger partial charge < -0.3 is 20.8 Å². The molecule has 3 aromatic carbocycles. The number of aryl methyl sites for hydroxylation is 1. The molecule has 2 amide bonds. The quantitative estimate of drug-likeness (QED) is 0.161. The number of carbonyl (C=O) groups excluding carboxylic acids is 2. The van der Waals surface area contributed by atoms with Gasteiger partial charge in [0, 0.05) is 28.6 Å². The Balaban J connectivity index is 1.35. The second kappa shape index (κ2) is 12.0. The first-order valence-corrected chi connectivity index (χ1v) is 13.6. The van der Waals surface area contributed by atoms with Crippen molar-refractivity contribution in [2.45, 2.75) is 51.5 Å². The lowest BCUT2D eigenvalue weighted by Crippen LogP contribution is -2.30. The molecule has 40 heavy (non-hydrogen) atoms. The van der Waals surface area contributed by atoms with E-state index in [9.17, 15) is 9.59 Å². The highest BCUT2D eigenvalue weighted by atomic mass is 16.5. The molecular weight excluding hydrogens is 504 g/mol. The zero-order valence-electron chi connectivity index (χ0n) is 22.8. The van der Waals surface area contributed by atoms with E-state index in [0.717, 1.165) is 57.1 Å². The van der Waals surface area contributed by atoms with Crippen LogP contribution >= 0.6 is 0 Å². The van der Waals surface area contributed by atoms with Crippen molar-refractivity contribution < 1.29 is 14.3 Å². The minimum absolute atomic E-state index is 0.113. The standard InChI is InChI=1S/C31H34N6O3/c1-19-24(25-17-23(40-2)14-15-26(25)33-19)18-29(39)34-27(10-4-3-5-11-28(32)38)31-35-30(36-37-31)22-13-12-20-8-6-7-9-21(20)16-22/h6-9,12-17,27,33H,3-5,10-11,18H2,1-2H3,(H2,32,38)(H,34,39)(H,35,36,37). The van der Waals surface area contributed by atoms with Crippen LogP contribution in [0, 0.1) is 6.92 Å². The van der Waals surface area contributed by atoms with E-state index in [-0.39, 0.29) is 24.3 Å². The summed E-state index contributed by atoms with van der Waals surface area (Å²) >= 11 is 0. The number of H-pyrrole nitrogens is 2. The first kappa shape index (κ1) is 26.9. The maximum atomic E-state index is 13.4. The van der Waals surface area contributed by atoms with E-state index in [1.165, 1.54) is 0 Å². The van der Waals surface area contributed by atoms with E-state index in [2.05, 4.69) is 44.8 Å². The summed E-state index contributed by atoms with van der Waals surface area (Å²) in [5.74, 6) is 1.50. The number of fused-ring (bicyclic) bond motifs is 2. The number of primary amides is 1. The highest BCUT2D eigenvalue weighted by molar-refractivity contribution is 5.91. The molecule has 0 saturated carbocycles. The second-order valence-electron chi connectivity index (χ2n) is 10.1. The van der Waals surface area contributed by atoms with Gasteiger partial charge in [0.1, 0.15) is 11.6 Å². The molecule has 5 rings (SSSR count). The van der Waals surface area contributed by atoms with Crippen LogP contribution < -0.4 is 15.8 Å². The predicted octanol–water partition coefficient (Wildman–Crippen LogP) is 5.26. The Bertz CT molecular complexity index is 1650. The molecule has 9 heteroatoms. The van der Waals surface area contributed by atoms with Crippen LogP contribution in [0.5, 0.6) is 5.75 Å². The molecule has 1 atom stereocenters. The summed E-state index contributed by atoms with van der Waals surface area (Å²) in [5, 5.41) is 13.9. The molecule has 0 saturated heterocycles. The van der Waals surface area contributed by atoms with Crippen LogP contribution in [-0.2, 0) is 16.0 Å². The van der Waals surface area contributed by atoms with Crippen molar-refractivity contribution in [3.63, 3.8) is 0 Å². The number of nitrogens with one attached hydrogen (secondary N) is 3. The van der Waals surface area contributed by atoms with E-state index < -0.39 is 0 Å². The normalized spacial score (nSPS) is 12.1. The van der Waals surface area contributed by atoms with E-state index in [1.807, 2.05) is 43.3 Å². The molecule has 9 nitrogen and oxygen atoms in total. The fourth-order valence-corrected chi connectivity index (χ4v) is 5.11. The molecule has 0 spiro atoms. The van der Waals surface area contributed by atoms with E-state index in [1.54, 1.807) is 7.11 Å². The average Bonchev–Trinajstić information content (AvgIpc) is 3.56. The van der Waals surface area contributed by atoms with Crippen LogP contribution in [0.1, 0.15) is 55.2 Å². The molecule has 5 N–H and O–H groups in total. The highest BCUT2D eigenvalue weighted by Crippen LogP contribution is 2.28. The number of unbranched alkanes of at least 4 members (excludes halogenated alkanes) is 2. The first-order chi connectivity index (χ1) is 19.4. The second-order valence-corrected chi connectivity index (χ2v) is 10.1. The van der Waals surface area contributed by atoms with Crippen molar-refractivity contribution in [1.29, 1.82) is 0 Å². The number of ether oxygens (including phenoxy) is 1. The summed E-state index contributed by atoms with van der Waals surface area (Å²) in [7, 11) is 1.63. The molecule has 0 aliphatic rings. The fraction of sp³-hybridized carbons (Fsp3) is 0.290. The number of rotatable bonds is 12. The van der Waals surface area contributed by atoms with Crippen LogP contribution in [0.4, 0.5) is 0 Å². The van der Waals surface area contributed by atoms with Crippen molar-refractivity contribution in [2.24, 2.45) is 5.73 Å². The number of aromatic nitrogens is 4. The predicted molar refractivity (Wildman–Crippen MR) is 156 cm³/mol. The third-order valence-corrected chi connectivity index (χ3v) is 7.26. The Hall–Kier alpha value is -4.66. The topological polar surface area (TPSA) is 139 Å². The molecule has 2 aromatic heterocycles. The van der Waals surface area contributed by atoms with Crippen molar-refractivity contribution in [1.82, 2.24) is 25.5 Å². The minimum Gasteiger partial charge on any atom is -0.497 e. The molecule has 0 fully saturated rings. The van der Waals surface area contributed by atoms with E-state index in [0.29, 0.717) is 30.9 Å². The number of hydrogen-bond donors (Lipinski definition) is 4. The zero-order valence-corrected chi connectivity index (χ0v) is 22.8. The van der Waals surface area contributed by atoms with Gasteiger partial charge >= 0.3 is 0 Å². The number of hydrogen-bond acceptors (Lipinski definition) is 5. The molecule has 1 unspecified atom stereocenters. The number of nitrogens with two attached hydrogens (primary N) is 1. The number of amides is 2. The summed E-state index contributed by atoms with van der Waals surface area (Å²) in [6.45, 7) is 1.97. The monoisotopic (exact) mass is 538 g/mol. The summed E-state index contributed by atoms with van der Waals surface area (Å²) < 4.78 is 5.39. The van der Waals surface area contributed by atoms with Gasteiger partial charge in [-0.05, 0) is 60.4 Å². The van der Waals surface area contributed by atoms with Crippen LogP contribution in [0.15, 0.2) is 60.7 Å². The van der Waals surface area contributed by atoms with Gasteiger partial charge in [-0.1, -0.05) is 49.2 Å². The smallest absolute Gasteiger partial charge is 0.225 e. The van der Waals surface area contributed by atoms with Crippen molar-refractivity contribution >= 4 is 33.5 Å². The molecule has 206 valence electrons. The molecule has 0 aliphatic heterocycles. The van der Waals surface area contributed by atoms with Gasteiger partial charge in [-0.2, -0.15) is 5.10 Å². The lowest BCUT2D eigenvalue weighted by molar-refractivity contribution is -0.121. The molecule has 2 heterocycles. The minimum atomic E-state index is -0.358. The van der Waals surface area contributed by atoms with E-state index in [4.69, 9.17) is 15.5 Å². The molecular formula is C31H34N6O3. The SMILES string of the molecule is COc1ccc2[nH]c(C)c(CC(=O)NC(CCCCCC(N)=O)c3nc(-c4ccc5ccccc5c4)n[nH]3)c2c1. The summed E-state index contributed by atoms with van der Waals surface area (Å²) in [6.07, 6.45) is 3.55. The molecule has 0 aliphatic carbocycles. The fourth-order valence-electron chi connectivity index (χ4n) is 5.11. The summed E-state index contributed by atoms with van der Waals surface area (Å²) in [6, 6.07) is 19.7.